The highest BCUT2D eigenvalue weighted by Gasteiger charge is 2.07. The fraction of sp³-hybridized carbons (Fsp3) is 0.500. The van der Waals surface area contributed by atoms with E-state index in [9.17, 15) is 4.79 Å². The standard InChI is InChI=1S/C14H22N2O.ClH/c1-4-13(15)9-11-5-7-12(8-6-11)14(17)16-10(2)3;/h5-8,10,13H,4,9,15H2,1-3H3,(H,16,17);1H. The van der Waals surface area contributed by atoms with E-state index in [0.29, 0.717) is 5.56 Å². The number of hydrogen-bond donors (Lipinski definition) is 2. The SMILES string of the molecule is CCC(N)Cc1ccc(C(=O)NC(C)C)cc1.Cl. The Bertz CT molecular complexity index is 363. The van der Waals surface area contributed by atoms with Gasteiger partial charge in [-0.25, -0.2) is 0 Å². The molecule has 1 aromatic rings. The lowest BCUT2D eigenvalue weighted by Crippen LogP contribution is -2.30. The largest absolute Gasteiger partial charge is 0.350 e. The first-order valence-electron chi connectivity index (χ1n) is 6.18. The van der Waals surface area contributed by atoms with Crippen LogP contribution in [0.4, 0.5) is 0 Å². The second-order valence-electron chi connectivity index (χ2n) is 4.70. The summed E-state index contributed by atoms with van der Waals surface area (Å²) in [5.41, 5.74) is 7.77. The minimum atomic E-state index is -0.0219. The molecule has 0 radical (unpaired) electrons. The van der Waals surface area contributed by atoms with Crippen molar-refractivity contribution in [2.75, 3.05) is 0 Å². The number of rotatable bonds is 5. The van der Waals surface area contributed by atoms with Crippen LogP contribution < -0.4 is 11.1 Å². The van der Waals surface area contributed by atoms with Crippen molar-refractivity contribution in [2.45, 2.75) is 45.7 Å². The summed E-state index contributed by atoms with van der Waals surface area (Å²) in [6.07, 6.45) is 1.83. The van der Waals surface area contributed by atoms with Gasteiger partial charge in [0, 0.05) is 17.6 Å². The van der Waals surface area contributed by atoms with Crippen LogP contribution in [-0.4, -0.2) is 18.0 Å². The molecule has 18 heavy (non-hydrogen) atoms. The maximum atomic E-state index is 11.7. The molecule has 0 heterocycles. The Kier molecular flexibility index (Phi) is 7.64. The third kappa shape index (κ3) is 5.52. The van der Waals surface area contributed by atoms with E-state index in [1.165, 1.54) is 5.56 Å². The van der Waals surface area contributed by atoms with Gasteiger partial charge in [0.1, 0.15) is 0 Å². The Labute approximate surface area is 116 Å². The molecule has 0 fully saturated rings. The van der Waals surface area contributed by atoms with Gasteiger partial charge in [0.2, 0.25) is 0 Å². The normalized spacial score (nSPS) is 11.8. The molecule has 0 aliphatic carbocycles. The van der Waals surface area contributed by atoms with Gasteiger partial charge in [-0.3, -0.25) is 4.79 Å². The minimum Gasteiger partial charge on any atom is -0.350 e. The van der Waals surface area contributed by atoms with E-state index >= 15 is 0 Å². The van der Waals surface area contributed by atoms with Crippen LogP contribution in [-0.2, 0) is 6.42 Å². The van der Waals surface area contributed by atoms with Crippen molar-refractivity contribution in [1.29, 1.82) is 0 Å². The van der Waals surface area contributed by atoms with Crippen LogP contribution in [0.15, 0.2) is 24.3 Å². The van der Waals surface area contributed by atoms with Crippen molar-refractivity contribution in [3.63, 3.8) is 0 Å². The maximum Gasteiger partial charge on any atom is 0.251 e. The summed E-state index contributed by atoms with van der Waals surface area (Å²) < 4.78 is 0. The predicted molar refractivity (Wildman–Crippen MR) is 78.3 cm³/mol. The molecule has 1 amide bonds. The summed E-state index contributed by atoms with van der Waals surface area (Å²) in [4.78, 5) is 11.7. The van der Waals surface area contributed by atoms with E-state index in [1.807, 2.05) is 38.1 Å². The molecule has 1 rings (SSSR count). The summed E-state index contributed by atoms with van der Waals surface area (Å²) in [5, 5.41) is 2.87. The monoisotopic (exact) mass is 270 g/mol. The number of nitrogens with two attached hydrogens (primary N) is 1. The number of carbonyl (C=O) groups excluding carboxylic acids is 1. The Balaban J connectivity index is 0.00000289. The van der Waals surface area contributed by atoms with Crippen molar-refractivity contribution >= 4 is 18.3 Å². The Hall–Kier alpha value is -1.06. The van der Waals surface area contributed by atoms with Crippen molar-refractivity contribution in [3.05, 3.63) is 35.4 Å². The van der Waals surface area contributed by atoms with Crippen LogP contribution in [0.3, 0.4) is 0 Å². The average molecular weight is 271 g/mol. The first-order chi connectivity index (χ1) is 8.02. The van der Waals surface area contributed by atoms with Gasteiger partial charge in [-0.05, 0) is 44.4 Å². The molecule has 0 aromatic heterocycles. The number of nitrogens with one attached hydrogen (secondary N) is 1. The Morgan fingerprint density at radius 3 is 2.28 bits per heavy atom. The zero-order valence-corrected chi connectivity index (χ0v) is 12.1. The molecule has 0 aliphatic heterocycles. The highest BCUT2D eigenvalue weighted by molar-refractivity contribution is 5.94. The van der Waals surface area contributed by atoms with Crippen molar-refractivity contribution in [1.82, 2.24) is 5.32 Å². The smallest absolute Gasteiger partial charge is 0.251 e. The number of halogens is 1. The van der Waals surface area contributed by atoms with Crippen LogP contribution in [0.5, 0.6) is 0 Å². The predicted octanol–water partition coefficient (Wildman–Crippen LogP) is 2.53. The van der Waals surface area contributed by atoms with E-state index < -0.39 is 0 Å². The van der Waals surface area contributed by atoms with E-state index in [1.54, 1.807) is 0 Å². The second kappa shape index (κ2) is 8.11. The fourth-order valence-electron chi connectivity index (χ4n) is 1.58. The van der Waals surface area contributed by atoms with Crippen LogP contribution in [0.1, 0.15) is 43.1 Å². The zero-order valence-electron chi connectivity index (χ0n) is 11.3. The van der Waals surface area contributed by atoms with Crippen LogP contribution in [0.25, 0.3) is 0 Å². The number of carbonyl (C=O) groups is 1. The summed E-state index contributed by atoms with van der Waals surface area (Å²) in [7, 11) is 0. The number of amides is 1. The summed E-state index contributed by atoms with van der Waals surface area (Å²) in [5.74, 6) is -0.0219. The Morgan fingerprint density at radius 1 is 1.28 bits per heavy atom. The molecule has 0 saturated heterocycles. The lowest BCUT2D eigenvalue weighted by Gasteiger charge is -2.10. The van der Waals surface area contributed by atoms with Crippen LogP contribution in [0, 0.1) is 0 Å². The van der Waals surface area contributed by atoms with Crippen LogP contribution in [0.2, 0.25) is 0 Å². The van der Waals surface area contributed by atoms with Gasteiger partial charge in [0.25, 0.3) is 5.91 Å². The van der Waals surface area contributed by atoms with Gasteiger partial charge < -0.3 is 11.1 Å². The molecular weight excluding hydrogens is 248 g/mol. The average Bonchev–Trinajstić information content (AvgIpc) is 2.28. The molecule has 1 atom stereocenters. The highest BCUT2D eigenvalue weighted by Crippen LogP contribution is 2.07. The van der Waals surface area contributed by atoms with Gasteiger partial charge in [-0.2, -0.15) is 0 Å². The molecule has 0 spiro atoms. The molecule has 3 N–H and O–H groups in total. The Morgan fingerprint density at radius 2 is 1.83 bits per heavy atom. The van der Waals surface area contributed by atoms with Gasteiger partial charge >= 0.3 is 0 Å². The van der Waals surface area contributed by atoms with Crippen molar-refractivity contribution in [2.24, 2.45) is 5.73 Å². The van der Waals surface area contributed by atoms with Gasteiger partial charge in [-0.1, -0.05) is 19.1 Å². The fourth-order valence-corrected chi connectivity index (χ4v) is 1.58. The van der Waals surface area contributed by atoms with Crippen LogP contribution >= 0.6 is 12.4 Å². The number of benzene rings is 1. The van der Waals surface area contributed by atoms with E-state index in [-0.39, 0.29) is 30.4 Å². The number of hydrogen-bond acceptors (Lipinski definition) is 2. The third-order valence-electron chi connectivity index (χ3n) is 2.66. The highest BCUT2D eigenvalue weighted by atomic mass is 35.5. The molecule has 4 heteroatoms. The quantitative estimate of drug-likeness (QED) is 0.864. The molecule has 1 aromatic carbocycles. The molecule has 0 saturated carbocycles. The van der Waals surface area contributed by atoms with Gasteiger partial charge in [0.15, 0.2) is 0 Å². The van der Waals surface area contributed by atoms with E-state index in [0.717, 1.165) is 12.8 Å². The molecule has 3 nitrogen and oxygen atoms in total. The zero-order chi connectivity index (χ0) is 12.8. The third-order valence-corrected chi connectivity index (χ3v) is 2.66. The summed E-state index contributed by atoms with van der Waals surface area (Å²) in [6, 6.07) is 8.03. The molecule has 1 unspecified atom stereocenters. The first kappa shape index (κ1) is 16.9. The molecule has 0 aliphatic rings. The minimum absolute atomic E-state index is 0. The maximum absolute atomic E-state index is 11.7. The topological polar surface area (TPSA) is 55.1 Å². The summed E-state index contributed by atoms with van der Waals surface area (Å²) in [6.45, 7) is 5.98. The molecular formula is C14H23ClN2O. The van der Waals surface area contributed by atoms with E-state index in [4.69, 9.17) is 5.73 Å². The van der Waals surface area contributed by atoms with Gasteiger partial charge in [0.05, 0.1) is 0 Å². The second-order valence-corrected chi connectivity index (χ2v) is 4.70. The van der Waals surface area contributed by atoms with Crippen molar-refractivity contribution in [3.8, 4) is 0 Å². The molecule has 0 bridgehead atoms. The van der Waals surface area contributed by atoms with E-state index in [2.05, 4.69) is 12.2 Å². The lowest BCUT2D eigenvalue weighted by molar-refractivity contribution is 0.0943. The summed E-state index contributed by atoms with van der Waals surface area (Å²) >= 11 is 0. The first-order valence-corrected chi connectivity index (χ1v) is 6.18. The van der Waals surface area contributed by atoms with Gasteiger partial charge in [-0.15, -0.1) is 12.4 Å². The lowest BCUT2D eigenvalue weighted by atomic mass is 10.0. The van der Waals surface area contributed by atoms with Crippen molar-refractivity contribution < 1.29 is 4.79 Å². The molecule has 102 valence electrons.